The highest BCUT2D eigenvalue weighted by atomic mass is 19.1. The lowest BCUT2D eigenvalue weighted by Gasteiger charge is -2.48. The van der Waals surface area contributed by atoms with Crippen LogP contribution in [0.3, 0.4) is 0 Å². The lowest BCUT2D eigenvalue weighted by atomic mass is 9.78. The third-order valence-corrected chi connectivity index (χ3v) is 12.1. The molecule has 1 aliphatic heterocycles. The number of carbonyl (C=O) groups excluding carboxylic acids is 2. The highest BCUT2D eigenvalue weighted by Gasteiger charge is 2.49. The lowest BCUT2D eigenvalue weighted by molar-refractivity contribution is -0.181. The minimum absolute atomic E-state index is 0.142. The summed E-state index contributed by atoms with van der Waals surface area (Å²) in [6.45, 7) is 6.76. The molecule has 6 aromatic rings. The fourth-order valence-electron chi connectivity index (χ4n) is 8.78. The third kappa shape index (κ3) is 11.2. The number of anilines is 1. The zero-order chi connectivity index (χ0) is 46.0. The number of carbonyl (C=O) groups is 2. The van der Waals surface area contributed by atoms with Crippen LogP contribution >= 0.6 is 0 Å². The Labute approximate surface area is 384 Å². The van der Waals surface area contributed by atoms with Crippen molar-refractivity contribution in [3.8, 4) is 11.5 Å². The van der Waals surface area contributed by atoms with Crippen molar-refractivity contribution in [3.63, 3.8) is 0 Å². The molecule has 1 aliphatic carbocycles. The van der Waals surface area contributed by atoms with E-state index >= 15 is 0 Å². The van der Waals surface area contributed by atoms with Crippen molar-refractivity contribution in [1.29, 1.82) is 0 Å². The molecule has 11 heteroatoms. The molecule has 0 unspecified atom stereocenters. The van der Waals surface area contributed by atoms with Crippen molar-refractivity contribution < 1.29 is 46.8 Å². The van der Waals surface area contributed by atoms with Gasteiger partial charge >= 0.3 is 5.97 Å². The molecular formula is C55H53F2NO8. The van der Waals surface area contributed by atoms with Crippen molar-refractivity contribution in [3.05, 3.63) is 209 Å². The number of nitrogens with zero attached hydrogens (tertiary/aromatic N) is 1. The minimum Gasteiger partial charge on any atom is -0.497 e. The van der Waals surface area contributed by atoms with Gasteiger partial charge in [-0.2, -0.15) is 0 Å². The van der Waals surface area contributed by atoms with E-state index in [0.717, 1.165) is 33.6 Å². The van der Waals surface area contributed by atoms with Gasteiger partial charge in [0.05, 0.1) is 38.9 Å². The van der Waals surface area contributed by atoms with Crippen molar-refractivity contribution in [2.24, 2.45) is 5.92 Å². The molecule has 7 atom stereocenters. The first-order valence-corrected chi connectivity index (χ1v) is 22.1. The SMILES string of the molecule is C=C1C[C@@H](Oc2ccc([C@@H]3[C@@H](CC[C@H](OC(C)=O)c4ccc(F)cc4)C(=O)N3c3ccc(F)cc3)cc2)[C@H](OCc2ccccc2)[C@H](OCc2ccccc2)[C@@H]1OCc1ccc(OC)cc1. The second-order valence-corrected chi connectivity index (χ2v) is 16.7. The number of halogens is 2. The second kappa shape index (κ2) is 21.6. The zero-order valence-electron chi connectivity index (χ0n) is 37.0. The Hall–Kier alpha value is -6.66. The molecule has 1 saturated heterocycles. The second-order valence-electron chi connectivity index (χ2n) is 16.7. The maximum Gasteiger partial charge on any atom is 0.303 e. The van der Waals surface area contributed by atoms with Crippen LogP contribution in [0.25, 0.3) is 0 Å². The van der Waals surface area contributed by atoms with Crippen LogP contribution in [0.5, 0.6) is 11.5 Å². The van der Waals surface area contributed by atoms with Crippen LogP contribution in [0.4, 0.5) is 14.5 Å². The van der Waals surface area contributed by atoms with Gasteiger partial charge in [0.25, 0.3) is 0 Å². The number of ether oxygens (including phenoxy) is 6. The largest absolute Gasteiger partial charge is 0.497 e. The van der Waals surface area contributed by atoms with Gasteiger partial charge in [-0.05, 0) is 107 Å². The predicted octanol–water partition coefficient (Wildman–Crippen LogP) is 11.2. The van der Waals surface area contributed by atoms with Gasteiger partial charge in [-0.25, -0.2) is 8.78 Å². The summed E-state index contributed by atoms with van der Waals surface area (Å²) >= 11 is 0. The Morgan fingerprint density at radius 1 is 0.682 bits per heavy atom. The van der Waals surface area contributed by atoms with E-state index in [1.54, 1.807) is 36.3 Å². The summed E-state index contributed by atoms with van der Waals surface area (Å²) in [6.07, 6.45) is -1.80. The van der Waals surface area contributed by atoms with E-state index in [4.69, 9.17) is 28.4 Å². The number of esters is 1. The maximum atomic E-state index is 14.1. The number of hydrogen-bond acceptors (Lipinski definition) is 8. The van der Waals surface area contributed by atoms with Crippen LogP contribution < -0.4 is 14.4 Å². The fraction of sp³-hybridized carbons (Fsp3) is 0.273. The van der Waals surface area contributed by atoms with Crippen LogP contribution in [0.2, 0.25) is 0 Å². The number of rotatable bonds is 19. The van der Waals surface area contributed by atoms with Gasteiger partial charge in [-0.1, -0.05) is 104 Å². The molecule has 1 amide bonds. The molecule has 0 radical (unpaired) electrons. The van der Waals surface area contributed by atoms with Gasteiger partial charge in [0, 0.05) is 19.0 Å². The molecule has 6 aromatic carbocycles. The molecule has 8 rings (SSSR count). The summed E-state index contributed by atoms with van der Waals surface area (Å²) in [4.78, 5) is 27.8. The Balaban J connectivity index is 1.05. The molecule has 0 spiro atoms. The topological polar surface area (TPSA) is 92.8 Å². The number of β-lactam (4-membered cyclic amide) rings is 1. The standard InChI is InChI=1S/C55H53F2NO8/c1-36-32-50(53(63-33-38-10-6-4-7-11-38)54(64-34-39-12-8-5-9-13-39)52(36)62-35-40-14-26-46(61-3)27-15-40)66-47-28-18-42(19-29-47)51-48(55(60)58(51)45-24-22-44(57)23-25-45)30-31-49(65-37(2)59)41-16-20-43(56)21-17-41/h4-29,48-54H,1,30-35H2,2-3H3/t48-,49+,50-,51-,52-,53+,54-/m1/s1. The van der Waals surface area contributed by atoms with Crippen molar-refractivity contribution >= 4 is 17.6 Å². The molecule has 340 valence electrons. The van der Waals surface area contributed by atoms with E-state index in [1.807, 2.05) is 109 Å². The summed E-state index contributed by atoms with van der Waals surface area (Å²) < 4.78 is 66.0. The van der Waals surface area contributed by atoms with E-state index in [-0.39, 0.29) is 5.91 Å². The van der Waals surface area contributed by atoms with Crippen molar-refractivity contribution in [2.75, 3.05) is 12.0 Å². The van der Waals surface area contributed by atoms with Gasteiger partial charge in [-0.3, -0.25) is 9.59 Å². The van der Waals surface area contributed by atoms with E-state index in [0.29, 0.717) is 56.1 Å². The summed E-state index contributed by atoms with van der Waals surface area (Å²) in [5.74, 6) is -0.603. The summed E-state index contributed by atoms with van der Waals surface area (Å²) in [5, 5.41) is 0. The molecule has 0 N–H and O–H groups in total. The first kappa shape index (κ1) is 45.9. The number of amides is 1. The van der Waals surface area contributed by atoms with Gasteiger partial charge in [0.1, 0.15) is 53.7 Å². The molecule has 66 heavy (non-hydrogen) atoms. The fourth-order valence-corrected chi connectivity index (χ4v) is 8.78. The van der Waals surface area contributed by atoms with Gasteiger partial charge in [0.15, 0.2) is 0 Å². The first-order chi connectivity index (χ1) is 32.1. The smallest absolute Gasteiger partial charge is 0.303 e. The van der Waals surface area contributed by atoms with E-state index < -0.39 is 60.1 Å². The van der Waals surface area contributed by atoms with Crippen molar-refractivity contribution in [1.82, 2.24) is 0 Å². The average molecular weight is 894 g/mol. The molecule has 0 aromatic heterocycles. The molecule has 2 fully saturated rings. The Bertz CT molecular complexity index is 2520. The van der Waals surface area contributed by atoms with E-state index in [1.165, 1.54) is 31.2 Å². The average Bonchev–Trinajstić information content (AvgIpc) is 3.33. The highest BCUT2D eigenvalue weighted by molar-refractivity contribution is 6.03. The normalized spacial score (nSPS) is 20.9. The zero-order valence-corrected chi connectivity index (χ0v) is 37.0. The maximum absolute atomic E-state index is 14.1. The highest BCUT2D eigenvalue weighted by Crippen LogP contribution is 2.47. The Morgan fingerprint density at radius 2 is 1.23 bits per heavy atom. The van der Waals surface area contributed by atoms with Crippen LogP contribution in [0, 0.1) is 17.6 Å². The van der Waals surface area contributed by atoms with Crippen LogP contribution in [0.15, 0.2) is 170 Å². The van der Waals surface area contributed by atoms with Crippen molar-refractivity contribution in [2.45, 2.75) is 82.6 Å². The number of hydrogen-bond donors (Lipinski definition) is 0. The van der Waals surface area contributed by atoms with E-state index in [9.17, 15) is 18.4 Å². The quantitative estimate of drug-likeness (QED) is 0.0451. The minimum atomic E-state index is -0.678. The lowest BCUT2D eigenvalue weighted by Crippen LogP contribution is -2.55. The molecule has 1 saturated carbocycles. The summed E-state index contributed by atoms with van der Waals surface area (Å²) in [6, 6.07) is 46.5. The summed E-state index contributed by atoms with van der Waals surface area (Å²) in [7, 11) is 1.63. The number of methoxy groups -OCH3 is 1. The molecule has 1 heterocycles. The molecular weight excluding hydrogens is 841 g/mol. The monoisotopic (exact) mass is 893 g/mol. The molecule has 9 nitrogen and oxygen atoms in total. The molecule has 2 aliphatic rings. The van der Waals surface area contributed by atoms with Gasteiger partial charge < -0.3 is 33.3 Å². The summed E-state index contributed by atoms with van der Waals surface area (Å²) in [5.41, 5.74) is 5.79. The Kier molecular flexibility index (Phi) is 15.0. The Morgan fingerprint density at radius 3 is 1.82 bits per heavy atom. The number of benzene rings is 6. The van der Waals surface area contributed by atoms with Gasteiger partial charge in [0.2, 0.25) is 5.91 Å². The first-order valence-electron chi connectivity index (χ1n) is 22.1. The van der Waals surface area contributed by atoms with Crippen LogP contribution in [-0.4, -0.2) is 43.4 Å². The van der Waals surface area contributed by atoms with Gasteiger partial charge in [-0.15, -0.1) is 0 Å². The molecule has 0 bridgehead atoms. The predicted molar refractivity (Wildman–Crippen MR) is 246 cm³/mol. The third-order valence-electron chi connectivity index (χ3n) is 12.1. The van der Waals surface area contributed by atoms with Crippen LogP contribution in [0.1, 0.15) is 66.1 Å². The van der Waals surface area contributed by atoms with Crippen LogP contribution in [-0.2, 0) is 48.4 Å². The van der Waals surface area contributed by atoms with E-state index in [2.05, 4.69) is 6.58 Å².